The number of rotatable bonds is 4. The van der Waals surface area contributed by atoms with Crippen LogP contribution in [-0.2, 0) is 0 Å². The zero-order valence-electron chi connectivity index (χ0n) is 9.67. The van der Waals surface area contributed by atoms with Gasteiger partial charge in [-0.2, -0.15) is 9.97 Å². The molecule has 0 atom stereocenters. The number of nitrogens with one attached hydrogen (secondary N) is 2. The molecule has 18 heavy (non-hydrogen) atoms. The van der Waals surface area contributed by atoms with Gasteiger partial charge in [0.15, 0.2) is 0 Å². The van der Waals surface area contributed by atoms with Crippen LogP contribution >= 0.6 is 0 Å². The van der Waals surface area contributed by atoms with E-state index in [1.165, 1.54) is 12.8 Å². The fourth-order valence-corrected chi connectivity index (χ4v) is 1.52. The first-order valence-corrected chi connectivity index (χ1v) is 5.75. The Morgan fingerprint density at radius 1 is 1.11 bits per heavy atom. The molecule has 4 N–H and O–H groups in total. The summed E-state index contributed by atoms with van der Waals surface area (Å²) in [6, 6.07) is 4.06. The van der Waals surface area contributed by atoms with Gasteiger partial charge < -0.3 is 16.4 Å². The Bertz CT molecular complexity index is 538. The first-order chi connectivity index (χ1) is 8.79. The average molecular weight is 243 g/mol. The van der Waals surface area contributed by atoms with Gasteiger partial charge in [0.05, 0.1) is 0 Å². The van der Waals surface area contributed by atoms with Crippen LogP contribution in [0.5, 0.6) is 0 Å². The Balaban J connectivity index is 1.80. The maximum atomic E-state index is 5.67. The monoisotopic (exact) mass is 243 g/mol. The van der Waals surface area contributed by atoms with Crippen LogP contribution in [-0.4, -0.2) is 26.0 Å². The molecular weight excluding hydrogens is 230 g/mol. The minimum atomic E-state index is 0.221. The van der Waals surface area contributed by atoms with E-state index in [1.807, 2.05) is 0 Å². The molecule has 1 aliphatic carbocycles. The van der Waals surface area contributed by atoms with Crippen LogP contribution in [0.1, 0.15) is 12.8 Å². The number of nitrogen functional groups attached to an aromatic ring is 1. The molecule has 1 fully saturated rings. The van der Waals surface area contributed by atoms with Crippen molar-refractivity contribution in [1.29, 1.82) is 0 Å². The fourth-order valence-electron chi connectivity index (χ4n) is 1.52. The lowest BCUT2D eigenvalue weighted by atomic mass is 10.5. The first kappa shape index (κ1) is 10.7. The molecule has 7 heteroatoms. The van der Waals surface area contributed by atoms with E-state index in [-0.39, 0.29) is 5.95 Å². The molecule has 2 heterocycles. The number of anilines is 4. The lowest BCUT2D eigenvalue weighted by Gasteiger charge is -2.08. The van der Waals surface area contributed by atoms with Crippen LogP contribution in [0.3, 0.4) is 0 Å². The molecule has 0 radical (unpaired) electrons. The molecule has 1 saturated carbocycles. The maximum Gasteiger partial charge on any atom is 0.228 e. The van der Waals surface area contributed by atoms with Gasteiger partial charge in [-0.1, -0.05) is 0 Å². The molecule has 0 spiro atoms. The molecule has 2 aromatic heterocycles. The molecule has 7 nitrogen and oxygen atoms in total. The molecule has 0 amide bonds. The van der Waals surface area contributed by atoms with Crippen molar-refractivity contribution >= 4 is 23.5 Å². The second-order valence-corrected chi connectivity index (χ2v) is 4.11. The Labute approximate surface area is 104 Å². The molecule has 0 aromatic carbocycles. The van der Waals surface area contributed by atoms with E-state index in [4.69, 9.17) is 5.73 Å². The molecule has 0 saturated heterocycles. The number of aromatic nitrogens is 4. The van der Waals surface area contributed by atoms with Gasteiger partial charge >= 0.3 is 0 Å². The summed E-state index contributed by atoms with van der Waals surface area (Å²) in [5.41, 5.74) is 5.67. The highest BCUT2D eigenvalue weighted by molar-refractivity contribution is 5.56. The second-order valence-electron chi connectivity index (χ2n) is 4.11. The van der Waals surface area contributed by atoms with Crippen LogP contribution in [0.25, 0.3) is 0 Å². The topological polar surface area (TPSA) is 102 Å². The summed E-state index contributed by atoms with van der Waals surface area (Å²) in [5, 5.41) is 6.26. The predicted octanol–water partition coefficient (Wildman–Crippen LogP) is 1.17. The Morgan fingerprint density at radius 3 is 2.56 bits per heavy atom. The van der Waals surface area contributed by atoms with E-state index < -0.39 is 0 Å². The molecule has 3 rings (SSSR count). The third-order valence-corrected chi connectivity index (χ3v) is 2.48. The summed E-state index contributed by atoms with van der Waals surface area (Å²) in [7, 11) is 0. The van der Waals surface area contributed by atoms with Crippen LogP contribution in [0.4, 0.5) is 23.5 Å². The van der Waals surface area contributed by atoms with E-state index in [0.717, 1.165) is 5.82 Å². The van der Waals surface area contributed by atoms with E-state index in [1.54, 1.807) is 24.5 Å². The number of hydrogen-bond donors (Lipinski definition) is 3. The highest BCUT2D eigenvalue weighted by Gasteiger charge is 2.21. The molecule has 1 aliphatic rings. The fraction of sp³-hybridized carbons (Fsp3) is 0.273. The zero-order valence-corrected chi connectivity index (χ0v) is 9.67. The van der Waals surface area contributed by atoms with Gasteiger partial charge in [-0.25, -0.2) is 9.97 Å². The number of nitrogens with two attached hydrogens (primary N) is 1. The quantitative estimate of drug-likeness (QED) is 0.740. The Hall–Kier alpha value is -2.44. The van der Waals surface area contributed by atoms with Crippen molar-refractivity contribution in [3.05, 3.63) is 24.5 Å². The van der Waals surface area contributed by atoms with E-state index in [0.29, 0.717) is 17.8 Å². The standard InChI is InChI=1S/C11H13N7/c12-10-16-8(15-7-2-3-7)6-9(17-10)18-11-13-4-1-5-14-11/h1,4-7H,2-3H2,(H4,12,13,14,15,16,17,18). The van der Waals surface area contributed by atoms with Gasteiger partial charge in [0.2, 0.25) is 11.9 Å². The van der Waals surface area contributed by atoms with Gasteiger partial charge in [0.1, 0.15) is 11.6 Å². The normalized spacial score (nSPS) is 14.2. The minimum Gasteiger partial charge on any atom is -0.368 e. The smallest absolute Gasteiger partial charge is 0.228 e. The molecular formula is C11H13N7. The lowest BCUT2D eigenvalue weighted by molar-refractivity contribution is 1.08. The van der Waals surface area contributed by atoms with Crippen molar-refractivity contribution in [1.82, 2.24) is 19.9 Å². The molecule has 0 bridgehead atoms. The van der Waals surface area contributed by atoms with Crippen molar-refractivity contribution in [2.24, 2.45) is 0 Å². The zero-order chi connectivity index (χ0) is 12.4. The third-order valence-electron chi connectivity index (χ3n) is 2.48. The van der Waals surface area contributed by atoms with Crippen molar-refractivity contribution in [2.45, 2.75) is 18.9 Å². The van der Waals surface area contributed by atoms with Crippen molar-refractivity contribution in [3.63, 3.8) is 0 Å². The average Bonchev–Trinajstić information content (AvgIpc) is 3.13. The summed E-state index contributed by atoms with van der Waals surface area (Å²) < 4.78 is 0. The molecule has 2 aromatic rings. The third kappa shape index (κ3) is 2.62. The Kier molecular flexibility index (Phi) is 2.64. The summed E-state index contributed by atoms with van der Waals surface area (Å²) in [6.07, 6.45) is 5.66. The molecule has 0 unspecified atom stereocenters. The van der Waals surface area contributed by atoms with Gasteiger partial charge in [-0.05, 0) is 18.9 Å². The Morgan fingerprint density at radius 2 is 1.83 bits per heavy atom. The maximum absolute atomic E-state index is 5.67. The number of hydrogen-bond acceptors (Lipinski definition) is 7. The van der Waals surface area contributed by atoms with Gasteiger partial charge in [-0.15, -0.1) is 0 Å². The largest absolute Gasteiger partial charge is 0.368 e. The first-order valence-electron chi connectivity index (χ1n) is 5.75. The molecule has 0 aliphatic heterocycles. The van der Waals surface area contributed by atoms with Gasteiger partial charge in [0, 0.05) is 24.5 Å². The summed E-state index contributed by atoms with van der Waals surface area (Å²) >= 11 is 0. The van der Waals surface area contributed by atoms with Gasteiger partial charge in [-0.3, -0.25) is 0 Å². The SMILES string of the molecule is Nc1nc(Nc2ncccn2)cc(NC2CC2)n1. The number of nitrogens with zero attached hydrogens (tertiary/aromatic N) is 4. The summed E-state index contributed by atoms with van der Waals surface area (Å²) in [6.45, 7) is 0. The summed E-state index contributed by atoms with van der Waals surface area (Å²) in [4.78, 5) is 16.3. The second kappa shape index (κ2) is 4.44. The van der Waals surface area contributed by atoms with Crippen molar-refractivity contribution < 1.29 is 0 Å². The minimum absolute atomic E-state index is 0.221. The van der Waals surface area contributed by atoms with E-state index >= 15 is 0 Å². The van der Waals surface area contributed by atoms with Crippen LogP contribution in [0, 0.1) is 0 Å². The highest BCUT2D eigenvalue weighted by atomic mass is 15.2. The van der Waals surface area contributed by atoms with Crippen molar-refractivity contribution in [2.75, 3.05) is 16.4 Å². The van der Waals surface area contributed by atoms with Gasteiger partial charge in [0.25, 0.3) is 0 Å². The van der Waals surface area contributed by atoms with E-state index in [9.17, 15) is 0 Å². The van der Waals surface area contributed by atoms with Crippen molar-refractivity contribution in [3.8, 4) is 0 Å². The van der Waals surface area contributed by atoms with Crippen LogP contribution in [0.15, 0.2) is 24.5 Å². The predicted molar refractivity (Wildman–Crippen MR) is 68.4 cm³/mol. The molecule has 92 valence electrons. The summed E-state index contributed by atoms with van der Waals surface area (Å²) in [5.74, 6) is 2.01. The van der Waals surface area contributed by atoms with E-state index in [2.05, 4.69) is 30.6 Å². The highest BCUT2D eigenvalue weighted by Crippen LogP contribution is 2.25. The van der Waals surface area contributed by atoms with Crippen LogP contribution in [0.2, 0.25) is 0 Å². The van der Waals surface area contributed by atoms with Crippen LogP contribution < -0.4 is 16.4 Å². The lowest BCUT2D eigenvalue weighted by Crippen LogP contribution is -2.08.